The monoisotopic (exact) mass is 422 g/mol. The van der Waals surface area contributed by atoms with Crippen LogP contribution in [0, 0.1) is 0 Å². The van der Waals surface area contributed by atoms with Crippen molar-refractivity contribution in [1.82, 2.24) is 19.4 Å². The van der Waals surface area contributed by atoms with E-state index in [0.29, 0.717) is 40.3 Å². The highest BCUT2D eigenvalue weighted by molar-refractivity contribution is 6.31. The molecule has 0 aliphatic rings. The van der Waals surface area contributed by atoms with Gasteiger partial charge in [-0.1, -0.05) is 37.6 Å². The lowest BCUT2D eigenvalue weighted by molar-refractivity contribution is 0.104. The highest BCUT2D eigenvalue weighted by Gasteiger charge is 2.21. The van der Waals surface area contributed by atoms with Crippen molar-refractivity contribution in [3.8, 4) is 0 Å². The molecule has 1 aromatic carbocycles. The van der Waals surface area contributed by atoms with Crippen LogP contribution >= 0.6 is 11.6 Å². The molecule has 0 saturated carbocycles. The van der Waals surface area contributed by atoms with Gasteiger partial charge < -0.3 is 9.88 Å². The summed E-state index contributed by atoms with van der Waals surface area (Å²) in [6, 6.07) is 8.96. The molecule has 154 valence electrons. The Kier molecular flexibility index (Phi) is 5.59. The van der Waals surface area contributed by atoms with Crippen LogP contribution in [0.1, 0.15) is 42.6 Å². The molecule has 1 amide bonds. The van der Waals surface area contributed by atoms with E-state index >= 15 is 0 Å². The zero-order chi connectivity index (χ0) is 21.3. The molecule has 6 nitrogen and oxygen atoms in total. The van der Waals surface area contributed by atoms with E-state index in [9.17, 15) is 9.59 Å². The minimum absolute atomic E-state index is 0.0682. The van der Waals surface area contributed by atoms with Crippen molar-refractivity contribution in [3.63, 3.8) is 0 Å². The first-order valence-electron chi connectivity index (χ1n) is 10.1. The third-order valence-corrected chi connectivity index (χ3v) is 5.39. The summed E-state index contributed by atoms with van der Waals surface area (Å²) in [6.45, 7) is 5.52. The Morgan fingerprint density at radius 1 is 1.10 bits per heavy atom. The first kappa shape index (κ1) is 20.2. The number of hydrogen-bond donors (Lipinski definition) is 1. The standard InChI is InChI=1S/C23H23ClN4O2/c1-3-9-27(10-4-2)23(30)28-11-8-16-17(6-5-7-20(16)28)21(29)19-14-26-22-18(19)12-15(24)13-25-22/h5-8,11-14H,3-4,9-10H2,1-2H3,(H,25,26). The zero-order valence-corrected chi connectivity index (χ0v) is 17.7. The lowest BCUT2D eigenvalue weighted by atomic mass is 10.0. The number of benzene rings is 1. The SMILES string of the molecule is CCCN(CCC)C(=O)n1ccc2c(C(=O)c3c[nH]c4ncc(Cl)cc34)cccc21. The Balaban J connectivity index is 1.77. The Labute approximate surface area is 179 Å². The molecule has 0 saturated heterocycles. The number of ketones is 1. The third-order valence-electron chi connectivity index (χ3n) is 5.18. The van der Waals surface area contributed by atoms with E-state index in [1.54, 1.807) is 35.3 Å². The van der Waals surface area contributed by atoms with Gasteiger partial charge in [0.1, 0.15) is 5.65 Å². The van der Waals surface area contributed by atoms with Crippen molar-refractivity contribution < 1.29 is 9.59 Å². The molecule has 0 bridgehead atoms. The normalized spacial score (nSPS) is 11.3. The molecule has 4 rings (SSSR count). The van der Waals surface area contributed by atoms with Crippen LogP contribution in [0.4, 0.5) is 4.79 Å². The molecule has 30 heavy (non-hydrogen) atoms. The average molecular weight is 423 g/mol. The molecule has 0 atom stereocenters. The first-order chi connectivity index (χ1) is 14.5. The van der Waals surface area contributed by atoms with Crippen LogP contribution in [0.2, 0.25) is 5.02 Å². The molecule has 1 N–H and O–H groups in total. The van der Waals surface area contributed by atoms with Crippen LogP contribution in [0.5, 0.6) is 0 Å². The van der Waals surface area contributed by atoms with Crippen LogP contribution in [-0.4, -0.2) is 44.3 Å². The highest BCUT2D eigenvalue weighted by Crippen LogP contribution is 2.27. The maximum absolute atomic E-state index is 13.4. The summed E-state index contributed by atoms with van der Waals surface area (Å²) in [5.41, 5.74) is 2.37. The lowest BCUT2D eigenvalue weighted by Gasteiger charge is -2.22. The number of fused-ring (bicyclic) bond motifs is 2. The fraction of sp³-hybridized carbons (Fsp3) is 0.261. The van der Waals surface area contributed by atoms with Gasteiger partial charge in [0, 0.05) is 53.6 Å². The predicted molar refractivity (Wildman–Crippen MR) is 119 cm³/mol. The van der Waals surface area contributed by atoms with Crippen molar-refractivity contribution in [3.05, 3.63) is 65.1 Å². The highest BCUT2D eigenvalue weighted by atomic mass is 35.5. The number of H-pyrrole nitrogens is 1. The Bertz CT molecular complexity index is 1230. The lowest BCUT2D eigenvalue weighted by Crippen LogP contribution is -2.35. The average Bonchev–Trinajstić information content (AvgIpc) is 3.36. The van der Waals surface area contributed by atoms with Crippen LogP contribution < -0.4 is 0 Å². The van der Waals surface area contributed by atoms with Gasteiger partial charge in [0.15, 0.2) is 5.78 Å². The molecule has 0 spiro atoms. The smallest absolute Gasteiger partial charge is 0.328 e. The minimum Gasteiger partial charge on any atom is -0.345 e. The fourth-order valence-electron chi connectivity index (χ4n) is 3.84. The van der Waals surface area contributed by atoms with E-state index in [1.807, 2.05) is 23.1 Å². The summed E-state index contributed by atoms with van der Waals surface area (Å²) in [6.07, 6.45) is 6.73. The second-order valence-electron chi connectivity index (χ2n) is 7.27. The Hall–Kier alpha value is -3.12. The number of hydrogen-bond acceptors (Lipinski definition) is 3. The van der Waals surface area contributed by atoms with Gasteiger partial charge in [0.05, 0.1) is 10.5 Å². The number of nitrogens with one attached hydrogen (secondary N) is 1. The van der Waals surface area contributed by atoms with E-state index in [0.717, 1.165) is 23.7 Å². The van der Waals surface area contributed by atoms with E-state index in [-0.39, 0.29) is 11.8 Å². The number of carbonyl (C=O) groups is 2. The number of aromatic amines is 1. The summed E-state index contributed by atoms with van der Waals surface area (Å²) in [4.78, 5) is 35.6. The van der Waals surface area contributed by atoms with Gasteiger partial charge in [-0.3, -0.25) is 9.36 Å². The minimum atomic E-state index is -0.139. The number of nitrogens with zero attached hydrogens (tertiary/aromatic N) is 3. The van der Waals surface area contributed by atoms with E-state index in [1.165, 1.54) is 0 Å². The number of aromatic nitrogens is 3. The largest absolute Gasteiger partial charge is 0.345 e. The van der Waals surface area contributed by atoms with E-state index in [2.05, 4.69) is 23.8 Å². The molecule has 0 aliphatic carbocycles. The molecule has 7 heteroatoms. The quantitative estimate of drug-likeness (QED) is 0.417. The van der Waals surface area contributed by atoms with Crippen LogP contribution in [0.25, 0.3) is 21.9 Å². The van der Waals surface area contributed by atoms with Crippen molar-refractivity contribution >= 4 is 45.4 Å². The van der Waals surface area contributed by atoms with Crippen molar-refractivity contribution in [1.29, 1.82) is 0 Å². The first-order valence-corrected chi connectivity index (χ1v) is 10.5. The molecule has 0 fully saturated rings. The summed E-state index contributed by atoms with van der Waals surface area (Å²) >= 11 is 6.08. The molecular formula is C23H23ClN4O2. The molecule has 0 radical (unpaired) electrons. The number of halogens is 1. The zero-order valence-electron chi connectivity index (χ0n) is 17.0. The van der Waals surface area contributed by atoms with Gasteiger partial charge in [-0.25, -0.2) is 9.78 Å². The third kappa shape index (κ3) is 3.48. The van der Waals surface area contributed by atoms with Gasteiger partial charge in [-0.2, -0.15) is 0 Å². The van der Waals surface area contributed by atoms with Crippen LogP contribution in [-0.2, 0) is 0 Å². The van der Waals surface area contributed by atoms with Crippen molar-refractivity contribution in [2.24, 2.45) is 0 Å². The predicted octanol–water partition coefficient (Wildman–Crippen LogP) is 5.49. The van der Waals surface area contributed by atoms with Gasteiger partial charge in [-0.15, -0.1) is 0 Å². The van der Waals surface area contributed by atoms with Gasteiger partial charge in [-0.05, 0) is 31.0 Å². The second kappa shape index (κ2) is 8.32. The fourth-order valence-corrected chi connectivity index (χ4v) is 4.00. The topological polar surface area (TPSA) is 71.0 Å². The summed E-state index contributed by atoms with van der Waals surface area (Å²) in [5.74, 6) is -0.139. The van der Waals surface area contributed by atoms with Gasteiger partial charge in [0.2, 0.25) is 0 Å². The maximum Gasteiger partial charge on any atom is 0.328 e. The van der Waals surface area contributed by atoms with Crippen molar-refractivity contribution in [2.45, 2.75) is 26.7 Å². The second-order valence-corrected chi connectivity index (χ2v) is 7.71. The number of amides is 1. The Morgan fingerprint density at radius 3 is 2.60 bits per heavy atom. The summed E-state index contributed by atoms with van der Waals surface area (Å²) in [5, 5.41) is 1.89. The van der Waals surface area contributed by atoms with Crippen LogP contribution in [0.15, 0.2) is 48.9 Å². The Morgan fingerprint density at radius 2 is 1.87 bits per heavy atom. The molecule has 0 unspecified atom stereocenters. The number of pyridine rings is 1. The van der Waals surface area contributed by atoms with Gasteiger partial charge in [0.25, 0.3) is 0 Å². The molecule has 4 aromatic rings. The van der Waals surface area contributed by atoms with Crippen LogP contribution in [0.3, 0.4) is 0 Å². The van der Waals surface area contributed by atoms with Gasteiger partial charge >= 0.3 is 6.03 Å². The number of carbonyl (C=O) groups excluding carboxylic acids is 2. The van der Waals surface area contributed by atoms with E-state index < -0.39 is 0 Å². The molecular weight excluding hydrogens is 400 g/mol. The van der Waals surface area contributed by atoms with E-state index in [4.69, 9.17) is 11.6 Å². The van der Waals surface area contributed by atoms with Crippen molar-refractivity contribution in [2.75, 3.05) is 13.1 Å². The number of rotatable bonds is 6. The summed E-state index contributed by atoms with van der Waals surface area (Å²) in [7, 11) is 0. The molecule has 0 aliphatic heterocycles. The molecule has 3 aromatic heterocycles. The molecule has 3 heterocycles. The summed E-state index contributed by atoms with van der Waals surface area (Å²) < 4.78 is 1.63. The maximum atomic E-state index is 13.4.